The molecule has 21 nitrogen and oxygen atoms in total. The molecule has 4 N–H and O–H groups in total. The van der Waals surface area contributed by atoms with Crippen molar-refractivity contribution in [3.05, 3.63) is 182 Å². The summed E-state index contributed by atoms with van der Waals surface area (Å²) in [5.41, 5.74) is 7.13. The number of alkyl halides is 1. The molecule has 0 spiro atoms. The monoisotopic (exact) mass is 1370 g/mol. The number of hydrogen-bond acceptors (Lipinski definition) is 18. The van der Waals surface area contributed by atoms with Gasteiger partial charge < -0.3 is 48.1 Å². The highest BCUT2D eigenvalue weighted by atomic mass is 79.9. The minimum Gasteiger partial charge on any atom is -0.505 e. The van der Waals surface area contributed by atoms with Gasteiger partial charge in [-0.2, -0.15) is 10.2 Å². The largest absolute Gasteiger partial charge is 0.505 e. The van der Waals surface area contributed by atoms with Crippen molar-refractivity contribution in [1.29, 1.82) is 0 Å². The van der Waals surface area contributed by atoms with Crippen molar-refractivity contribution in [3.63, 3.8) is 0 Å². The average Bonchev–Trinajstić information content (AvgIpc) is 3.01. The summed E-state index contributed by atoms with van der Waals surface area (Å²) in [6.07, 6.45) is 4.53. The Hall–Kier alpha value is -9.66. The first-order valence-corrected chi connectivity index (χ1v) is 29.7. The first-order chi connectivity index (χ1) is 44.2. The Morgan fingerprint density at radius 3 is 1.05 bits per heavy atom. The molecule has 0 amide bonds. The number of ether oxygens (including phenoxy) is 8. The topological polar surface area (TPSA) is 291 Å². The number of Topliss-reactive ketones (excluding diaryl/α,β-unsaturated/α-hetero) is 2. The third kappa shape index (κ3) is 25.9. The normalized spacial score (nSPS) is 10.3. The lowest BCUT2D eigenvalue weighted by Gasteiger charge is -2.11. The smallest absolute Gasteiger partial charge is 0.337 e. The average molecular weight is 1370 g/mol. The van der Waals surface area contributed by atoms with Crippen molar-refractivity contribution in [2.45, 2.75) is 86.5 Å². The second kappa shape index (κ2) is 40.2. The molecular formula is C66H74BrF5N4O17. The van der Waals surface area contributed by atoms with Gasteiger partial charge in [-0.1, -0.05) is 15.9 Å². The molecule has 0 saturated heterocycles. The van der Waals surface area contributed by atoms with E-state index >= 15 is 0 Å². The molecule has 0 saturated carbocycles. The molecule has 5 aromatic carbocycles. The fourth-order valence-corrected chi connectivity index (χ4v) is 8.46. The molecule has 93 heavy (non-hydrogen) atoms. The number of carboxylic acids is 1. The molecule has 502 valence electrons. The van der Waals surface area contributed by atoms with Crippen LogP contribution in [0.4, 0.5) is 22.0 Å². The highest BCUT2D eigenvalue weighted by Crippen LogP contribution is 2.25. The van der Waals surface area contributed by atoms with Crippen molar-refractivity contribution in [1.82, 2.24) is 20.4 Å². The number of benzene rings is 5. The van der Waals surface area contributed by atoms with Crippen molar-refractivity contribution in [3.8, 4) is 28.7 Å². The number of phenols is 1. The number of aromatic hydroxyl groups is 1. The van der Waals surface area contributed by atoms with Gasteiger partial charge >= 0.3 is 29.8 Å². The summed E-state index contributed by atoms with van der Waals surface area (Å²) in [7, 11) is 5.00. The van der Waals surface area contributed by atoms with E-state index in [1.165, 1.54) is 109 Å². The standard InChI is InChI=1S/C16H19FN2O3.C16H19FO5.C15H17FN2O3.C11H12BrFO3.C8H7FO3/c1-10-13(11(2)19-18-10)5-4-8-22-15-9-12(16(20)21-3)6-7-14(15)17;1-10(18)13(11(2)19)5-4-8-22-15-9-12(16(20)21-3)6-7-14(15)17;1-9-12(10(2)18-17-9)4-3-7-21-14-8-11(15(19)20)5-6-13(14)16;1-15-11(14)8-3-4-9(13)10(7-8)16-6-2-5-12;1-12-8(11)5-2-3-6(9)7(10)4-5/h6-7,9H,4-5,8H2,1-3H3,(H,18,19);6-7,9,13H,4-5,8H2,1-3H3;5-6,8H,3-4,7H2,1-2H3,(H,17,18)(H,19,20);3-4,7H,2,5-6H2,1H3;2-4,10H,1H3. The molecule has 0 aliphatic heterocycles. The number of aromatic amines is 2. The predicted octanol–water partition coefficient (Wildman–Crippen LogP) is 12.5. The summed E-state index contributed by atoms with van der Waals surface area (Å²) in [6, 6.07) is 18.3. The van der Waals surface area contributed by atoms with Crippen LogP contribution < -0.4 is 18.9 Å². The first kappa shape index (κ1) is 77.6. The number of aromatic nitrogens is 4. The number of ketones is 2. The molecule has 0 bridgehead atoms. The molecule has 2 heterocycles. The molecular weight excluding hydrogens is 1300 g/mol. The number of aryl methyl sites for hydroxylation is 4. The lowest BCUT2D eigenvalue weighted by Crippen LogP contribution is -2.20. The zero-order chi connectivity index (χ0) is 69.3. The third-order valence-corrected chi connectivity index (χ3v) is 13.8. The van der Waals surface area contributed by atoms with Crippen molar-refractivity contribution < 1.29 is 104 Å². The van der Waals surface area contributed by atoms with Gasteiger partial charge in [0.1, 0.15) is 11.6 Å². The molecule has 7 aromatic rings. The number of carbonyl (C=O) groups is 7. The highest BCUT2D eigenvalue weighted by molar-refractivity contribution is 9.09. The van der Waals surface area contributed by atoms with Crippen LogP contribution in [0.5, 0.6) is 28.7 Å². The second-order valence-electron chi connectivity index (χ2n) is 19.9. The number of phenolic OH excluding ortho intramolecular Hbond substituents is 1. The van der Waals surface area contributed by atoms with E-state index in [2.05, 4.69) is 55.3 Å². The van der Waals surface area contributed by atoms with E-state index in [9.17, 15) is 55.5 Å². The summed E-state index contributed by atoms with van der Waals surface area (Å²) < 4.78 is 106. The summed E-state index contributed by atoms with van der Waals surface area (Å²) in [5, 5.41) is 32.6. The van der Waals surface area contributed by atoms with Crippen LogP contribution in [0.25, 0.3) is 0 Å². The molecule has 0 unspecified atom stereocenters. The van der Waals surface area contributed by atoms with Crippen LogP contribution >= 0.6 is 15.9 Å². The lowest BCUT2D eigenvalue weighted by molar-refractivity contribution is -0.130. The van der Waals surface area contributed by atoms with E-state index in [4.69, 9.17) is 29.2 Å². The van der Waals surface area contributed by atoms with Crippen LogP contribution in [0.1, 0.15) is 132 Å². The van der Waals surface area contributed by atoms with Gasteiger partial charge in [-0.15, -0.1) is 0 Å². The quantitative estimate of drug-likeness (QED) is 0.00978. The number of esters is 4. The van der Waals surface area contributed by atoms with Crippen molar-refractivity contribution >= 4 is 57.3 Å². The van der Waals surface area contributed by atoms with Crippen LogP contribution in [-0.2, 0) is 41.4 Å². The molecule has 0 aliphatic rings. The molecule has 0 radical (unpaired) electrons. The number of aromatic carboxylic acids is 1. The van der Waals surface area contributed by atoms with E-state index in [1.54, 1.807) is 0 Å². The van der Waals surface area contributed by atoms with E-state index in [1.807, 2.05) is 27.7 Å². The Labute approximate surface area is 542 Å². The van der Waals surface area contributed by atoms with Gasteiger partial charge in [0.05, 0.1) is 100.0 Å². The molecule has 27 heteroatoms. The van der Waals surface area contributed by atoms with Gasteiger partial charge in [0.15, 0.2) is 57.8 Å². The number of nitrogens with zero attached hydrogens (tertiary/aromatic N) is 2. The van der Waals surface area contributed by atoms with Crippen molar-refractivity contribution in [2.75, 3.05) is 60.2 Å². The van der Waals surface area contributed by atoms with Gasteiger partial charge in [0.2, 0.25) is 0 Å². The first-order valence-electron chi connectivity index (χ1n) is 28.5. The van der Waals surface area contributed by atoms with Gasteiger partial charge in [0.25, 0.3) is 0 Å². The highest BCUT2D eigenvalue weighted by Gasteiger charge is 2.20. The predicted molar refractivity (Wildman–Crippen MR) is 333 cm³/mol. The number of carboxylic acid groups (broad SMARTS) is 1. The number of halogens is 6. The summed E-state index contributed by atoms with van der Waals surface area (Å²) in [5.74, 6) is -7.77. The van der Waals surface area contributed by atoms with Gasteiger partial charge in [-0.25, -0.2) is 45.9 Å². The number of hydrogen-bond donors (Lipinski definition) is 4. The van der Waals surface area contributed by atoms with Gasteiger partial charge in [-0.05, 0) is 189 Å². The zero-order valence-electron chi connectivity index (χ0n) is 52.9. The van der Waals surface area contributed by atoms with E-state index in [-0.39, 0.29) is 69.0 Å². The van der Waals surface area contributed by atoms with E-state index in [0.29, 0.717) is 39.1 Å². The summed E-state index contributed by atoms with van der Waals surface area (Å²) >= 11 is 3.24. The van der Waals surface area contributed by atoms with E-state index < -0.39 is 70.6 Å². The fourth-order valence-electron chi connectivity index (χ4n) is 8.23. The Morgan fingerprint density at radius 2 is 0.763 bits per heavy atom. The van der Waals surface area contributed by atoms with Crippen LogP contribution in [0.3, 0.4) is 0 Å². The van der Waals surface area contributed by atoms with Crippen LogP contribution in [-0.4, -0.2) is 132 Å². The Bertz CT molecular complexity index is 3580. The van der Waals surface area contributed by atoms with Gasteiger partial charge in [0, 0.05) is 16.7 Å². The van der Waals surface area contributed by atoms with Crippen LogP contribution in [0.2, 0.25) is 0 Å². The number of rotatable bonds is 26. The molecule has 0 atom stereocenters. The molecule has 0 aliphatic carbocycles. The molecule has 0 fully saturated rings. The number of nitrogens with one attached hydrogen (secondary N) is 2. The Balaban J connectivity index is 0.000000308. The SMILES string of the molecule is COC(=O)c1ccc(F)c(O)c1.COC(=O)c1ccc(F)c(OCCCBr)c1.COC(=O)c1ccc(F)c(OCCCC(C(C)=O)C(C)=O)c1.COC(=O)c1ccc(F)c(OCCCc2c(C)n[nH]c2C)c1.Cc1n[nH]c(C)c1CCCOc1cc(C(=O)O)ccc1F. The maximum Gasteiger partial charge on any atom is 0.337 e. The van der Waals surface area contributed by atoms with Gasteiger partial charge in [-0.3, -0.25) is 19.8 Å². The van der Waals surface area contributed by atoms with E-state index in [0.717, 1.165) is 89.2 Å². The molecule has 2 aromatic heterocycles. The fraction of sp³-hybridized carbons (Fsp3) is 0.348. The number of carbonyl (C=O) groups excluding carboxylic acids is 6. The maximum atomic E-state index is 13.7. The zero-order valence-corrected chi connectivity index (χ0v) is 54.5. The Kier molecular flexibility index (Phi) is 33.6. The summed E-state index contributed by atoms with van der Waals surface area (Å²) in [4.78, 5) is 78.2. The minimum atomic E-state index is -1.11. The number of H-pyrrole nitrogens is 2. The number of methoxy groups -OCH3 is 4. The lowest BCUT2D eigenvalue weighted by atomic mass is 9.95. The minimum absolute atomic E-state index is 0.00734. The molecule has 7 rings (SSSR count). The summed E-state index contributed by atoms with van der Waals surface area (Å²) in [6.45, 7) is 11.7. The second-order valence-corrected chi connectivity index (χ2v) is 20.7. The van der Waals surface area contributed by atoms with Crippen LogP contribution in [0.15, 0.2) is 91.0 Å². The maximum absolute atomic E-state index is 13.7. The third-order valence-electron chi connectivity index (χ3n) is 13.2. The Morgan fingerprint density at radius 1 is 0.462 bits per heavy atom. The van der Waals surface area contributed by atoms with Crippen LogP contribution in [0, 0.1) is 62.7 Å². The van der Waals surface area contributed by atoms with Crippen molar-refractivity contribution in [2.24, 2.45) is 5.92 Å².